The Hall–Kier alpha value is -1.40. The summed E-state index contributed by atoms with van der Waals surface area (Å²) in [6.45, 7) is 6.07. The van der Waals surface area contributed by atoms with Gasteiger partial charge in [0.1, 0.15) is 18.8 Å². The summed E-state index contributed by atoms with van der Waals surface area (Å²) >= 11 is 7.78. The summed E-state index contributed by atoms with van der Waals surface area (Å²) in [4.78, 5) is 19.2. The molecule has 2 fully saturated rings. The summed E-state index contributed by atoms with van der Waals surface area (Å²) in [5, 5.41) is 12.2. The van der Waals surface area contributed by atoms with E-state index in [0.717, 1.165) is 5.75 Å². The van der Waals surface area contributed by atoms with Gasteiger partial charge in [0, 0.05) is 6.42 Å². The number of nitrogens with zero attached hydrogens (tertiary/aromatic N) is 6. The average Bonchev–Trinajstić information content (AvgIpc) is 3.27. The summed E-state index contributed by atoms with van der Waals surface area (Å²) < 4.78 is 19.8. The molecule has 0 radical (unpaired) electrons. The first-order valence-electron chi connectivity index (χ1n) is 9.11. The van der Waals surface area contributed by atoms with E-state index in [9.17, 15) is 4.91 Å². The zero-order chi connectivity index (χ0) is 19.9. The molecule has 2 aromatic rings. The van der Waals surface area contributed by atoms with Crippen LogP contribution >= 0.6 is 23.4 Å². The van der Waals surface area contributed by atoms with Crippen molar-refractivity contribution in [2.75, 3.05) is 18.9 Å². The van der Waals surface area contributed by atoms with Gasteiger partial charge in [0.2, 0.25) is 0 Å². The van der Waals surface area contributed by atoms with E-state index in [4.69, 9.17) is 25.8 Å². The first kappa shape index (κ1) is 19.9. The normalized spacial score (nSPS) is 28.7. The second-order valence-corrected chi connectivity index (χ2v) is 8.66. The van der Waals surface area contributed by atoms with E-state index in [1.165, 1.54) is 11.8 Å². The zero-order valence-electron chi connectivity index (χ0n) is 15.7. The van der Waals surface area contributed by atoms with Crippen LogP contribution in [0.3, 0.4) is 0 Å². The Bertz CT molecular complexity index is 880. The number of thioether (sulfide) groups is 1. The van der Waals surface area contributed by atoms with E-state index in [2.05, 4.69) is 25.5 Å². The van der Waals surface area contributed by atoms with Crippen LogP contribution in [0.15, 0.2) is 10.3 Å². The van der Waals surface area contributed by atoms with Crippen molar-refractivity contribution in [3.8, 4) is 0 Å². The Labute approximate surface area is 170 Å². The number of aromatic nitrogens is 5. The highest BCUT2D eigenvalue weighted by molar-refractivity contribution is 7.99. The fraction of sp³-hybridized carbons (Fsp3) is 0.750. The summed E-state index contributed by atoms with van der Waals surface area (Å²) in [7, 11) is 0. The van der Waals surface area contributed by atoms with E-state index in [1.54, 1.807) is 4.68 Å². The quantitative estimate of drug-likeness (QED) is 0.216. The van der Waals surface area contributed by atoms with Crippen molar-refractivity contribution >= 4 is 34.5 Å². The molecular weight excluding hydrogens is 408 g/mol. The second-order valence-electron chi connectivity index (χ2n) is 7.07. The molecule has 1 aliphatic carbocycles. The zero-order valence-corrected chi connectivity index (χ0v) is 17.3. The van der Waals surface area contributed by atoms with Crippen LogP contribution in [0.1, 0.15) is 33.2 Å². The number of rotatable bonds is 7. The molecule has 4 rings (SSSR count). The highest BCUT2D eigenvalue weighted by Gasteiger charge is 2.56. The van der Waals surface area contributed by atoms with Crippen LogP contribution in [0.2, 0.25) is 5.15 Å². The van der Waals surface area contributed by atoms with Gasteiger partial charge in [-0.05, 0) is 19.6 Å². The van der Waals surface area contributed by atoms with Crippen molar-refractivity contribution in [2.24, 2.45) is 5.18 Å². The number of ether oxygens (including phenoxy) is 3. The standard InChI is InChI=1S/C16H21ClN6O4S/c1-4-28-15-19-13(17)10-14(20-15)23(22-21-10)8-7-9(25-6-5-18-24)12-11(8)26-16(2,3)27-12/h8-9,11-12H,4-7H2,1-3H3/t8?,9-,11-,12+/m0/s1. The average molecular weight is 429 g/mol. The SMILES string of the molecule is CCSc1nc(Cl)c2nnn(C3C[C@H](OCCN=O)[C@H]4OC(C)(C)O[C@@H]34)c2n1. The van der Waals surface area contributed by atoms with E-state index in [1.807, 2.05) is 20.8 Å². The fourth-order valence-corrected chi connectivity index (χ4v) is 4.57. The third-order valence-electron chi connectivity index (χ3n) is 4.75. The van der Waals surface area contributed by atoms with E-state index < -0.39 is 5.79 Å². The maximum atomic E-state index is 10.4. The van der Waals surface area contributed by atoms with E-state index in [-0.39, 0.29) is 42.7 Å². The Morgan fingerprint density at radius 2 is 2.14 bits per heavy atom. The van der Waals surface area contributed by atoms with Crippen LogP contribution in [-0.4, -0.2) is 68.0 Å². The molecule has 4 atom stereocenters. The Morgan fingerprint density at radius 1 is 1.36 bits per heavy atom. The molecule has 0 bridgehead atoms. The van der Waals surface area contributed by atoms with Crippen molar-refractivity contribution in [1.82, 2.24) is 25.0 Å². The number of hydrogen-bond donors (Lipinski definition) is 0. The highest BCUT2D eigenvalue weighted by Crippen LogP contribution is 2.45. The molecule has 152 valence electrons. The molecule has 0 N–H and O–H groups in total. The van der Waals surface area contributed by atoms with Gasteiger partial charge in [-0.1, -0.05) is 40.7 Å². The minimum absolute atomic E-state index is 0.0928. The van der Waals surface area contributed by atoms with Gasteiger partial charge in [0.15, 0.2) is 27.3 Å². The minimum atomic E-state index is -0.745. The van der Waals surface area contributed by atoms with Crippen LogP contribution in [0.4, 0.5) is 0 Å². The minimum Gasteiger partial charge on any atom is -0.373 e. The van der Waals surface area contributed by atoms with Crippen molar-refractivity contribution in [2.45, 2.75) is 62.5 Å². The third kappa shape index (κ3) is 3.61. The molecule has 2 aromatic heterocycles. The van der Waals surface area contributed by atoms with Gasteiger partial charge in [-0.25, -0.2) is 14.6 Å². The van der Waals surface area contributed by atoms with Gasteiger partial charge in [-0.2, -0.15) is 4.91 Å². The van der Waals surface area contributed by atoms with Crippen molar-refractivity contribution in [3.63, 3.8) is 0 Å². The monoisotopic (exact) mass is 428 g/mol. The lowest BCUT2D eigenvalue weighted by molar-refractivity contribution is -0.170. The fourth-order valence-electron chi connectivity index (χ4n) is 3.75. The summed E-state index contributed by atoms with van der Waals surface area (Å²) in [6.07, 6.45) is -0.238. The van der Waals surface area contributed by atoms with Gasteiger partial charge in [-0.3, -0.25) is 0 Å². The first-order chi connectivity index (χ1) is 13.4. The molecule has 12 heteroatoms. The van der Waals surface area contributed by atoms with Crippen LogP contribution in [0.25, 0.3) is 11.2 Å². The molecule has 0 aromatic carbocycles. The highest BCUT2D eigenvalue weighted by atomic mass is 35.5. The van der Waals surface area contributed by atoms with Crippen molar-refractivity contribution in [3.05, 3.63) is 10.1 Å². The van der Waals surface area contributed by atoms with Gasteiger partial charge < -0.3 is 14.2 Å². The number of nitroso groups, excluding NO2 is 1. The summed E-state index contributed by atoms with van der Waals surface area (Å²) in [5.41, 5.74) is 1.01. The smallest absolute Gasteiger partial charge is 0.191 e. The maximum absolute atomic E-state index is 10.4. The van der Waals surface area contributed by atoms with Crippen LogP contribution in [0, 0.1) is 4.91 Å². The predicted octanol–water partition coefficient (Wildman–Crippen LogP) is 2.60. The molecule has 0 spiro atoms. The maximum Gasteiger partial charge on any atom is 0.191 e. The lowest BCUT2D eigenvalue weighted by atomic mass is 10.2. The molecule has 0 amide bonds. The molecule has 1 saturated carbocycles. The molecule has 1 unspecified atom stereocenters. The van der Waals surface area contributed by atoms with E-state index >= 15 is 0 Å². The van der Waals surface area contributed by atoms with Gasteiger partial charge >= 0.3 is 0 Å². The number of fused-ring (bicyclic) bond motifs is 2. The predicted molar refractivity (Wildman–Crippen MR) is 102 cm³/mol. The third-order valence-corrected chi connectivity index (χ3v) is 5.74. The Balaban J connectivity index is 1.68. The lowest BCUT2D eigenvalue weighted by Crippen LogP contribution is -2.31. The van der Waals surface area contributed by atoms with Crippen LogP contribution < -0.4 is 0 Å². The number of hydrogen-bond acceptors (Lipinski definition) is 10. The Morgan fingerprint density at radius 3 is 2.89 bits per heavy atom. The number of halogens is 1. The second kappa shape index (κ2) is 7.79. The molecule has 10 nitrogen and oxygen atoms in total. The van der Waals surface area contributed by atoms with Gasteiger partial charge in [-0.15, -0.1) is 5.10 Å². The van der Waals surface area contributed by atoms with Crippen molar-refractivity contribution in [1.29, 1.82) is 0 Å². The first-order valence-corrected chi connectivity index (χ1v) is 10.5. The summed E-state index contributed by atoms with van der Waals surface area (Å²) in [5.74, 6) is 0.0775. The van der Waals surface area contributed by atoms with Gasteiger partial charge in [0.05, 0.1) is 18.8 Å². The lowest BCUT2D eigenvalue weighted by Gasteiger charge is -2.23. The molecule has 1 aliphatic heterocycles. The molecular formula is C16H21ClN6O4S. The molecule has 3 heterocycles. The van der Waals surface area contributed by atoms with Crippen LogP contribution in [-0.2, 0) is 14.2 Å². The molecule has 28 heavy (non-hydrogen) atoms. The summed E-state index contributed by atoms with van der Waals surface area (Å²) in [6, 6.07) is -0.198. The van der Waals surface area contributed by atoms with Gasteiger partial charge in [0.25, 0.3) is 0 Å². The van der Waals surface area contributed by atoms with Crippen molar-refractivity contribution < 1.29 is 14.2 Å². The Kier molecular flexibility index (Phi) is 5.53. The molecule has 2 aliphatic rings. The van der Waals surface area contributed by atoms with Crippen LogP contribution in [0.5, 0.6) is 0 Å². The van der Waals surface area contributed by atoms with E-state index in [0.29, 0.717) is 22.7 Å². The largest absolute Gasteiger partial charge is 0.373 e. The molecule has 1 saturated heterocycles. The topological polar surface area (TPSA) is 114 Å².